The molecule has 0 saturated carbocycles. The van der Waals surface area contributed by atoms with Crippen LogP contribution in [0.4, 0.5) is 23.0 Å². The Labute approximate surface area is 196 Å². The van der Waals surface area contributed by atoms with E-state index in [0.717, 1.165) is 0 Å². The zero-order valence-corrected chi connectivity index (χ0v) is 19.7. The lowest BCUT2D eigenvalue weighted by Crippen LogP contribution is -2.13. The number of hydrogen-bond acceptors (Lipinski definition) is 10. The standard InChI is InChI=1S/2C10H11N3O3S/c2*1-7-6-10(12-16-7)13-17(14,15)9-4-2-8(11)3-5-9/h2*2-6H,11H2,1H3,(H,12,13). The van der Waals surface area contributed by atoms with Crippen molar-refractivity contribution in [2.75, 3.05) is 20.9 Å². The molecule has 0 bridgehead atoms. The first-order chi connectivity index (χ1) is 15.9. The summed E-state index contributed by atoms with van der Waals surface area (Å²) in [5.41, 5.74) is 12.0. The van der Waals surface area contributed by atoms with E-state index in [1.165, 1.54) is 60.7 Å². The van der Waals surface area contributed by atoms with Gasteiger partial charge in [0.25, 0.3) is 20.0 Å². The summed E-state index contributed by atoms with van der Waals surface area (Å²) >= 11 is 0. The van der Waals surface area contributed by atoms with Gasteiger partial charge in [-0.15, -0.1) is 0 Å². The second kappa shape index (κ2) is 9.84. The first-order valence-corrected chi connectivity index (χ1v) is 12.5. The molecule has 0 aliphatic carbocycles. The van der Waals surface area contributed by atoms with Crippen LogP contribution in [0.25, 0.3) is 0 Å². The molecule has 0 amide bonds. The van der Waals surface area contributed by atoms with Crippen LogP contribution in [-0.2, 0) is 20.0 Å². The molecule has 180 valence electrons. The lowest BCUT2D eigenvalue weighted by atomic mass is 10.3. The Morgan fingerprint density at radius 1 is 0.647 bits per heavy atom. The second-order valence-electron chi connectivity index (χ2n) is 6.99. The van der Waals surface area contributed by atoms with Crippen molar-refractivity contribution in [2.45, 2.75) is 23.6 Å². The average molecular weight is 507 g/mol. The van der Waals surface area contributed by atoms with E-state index in [1.54, 1.807) is 13.8 Å². The van der Waals surface area contributed by atoms with E-state index in [0.29, 0.717) is 22.9 Å². The molecule has 0 fully saturated rings. The van der Waals surface area contributed by atoms with Crippen molar-refractivity contribution < 1.29 is 25.9 Å². The molecular weight excluding hydrogens is 484 g/mol. The molecule has 0 saturated heterocycles. The van der Waals surface area contributed by atoms with Crippen LogP contribution < -0.4 is 20.9 Å². The fourth-order valence-corrected chi connectivity index (χ4v) is 4.48. The van der Waals surface area contributed by atoms with Gasteiger partial charge >= 0.3 is 0 Å². The second-order valence-corrected chi connectivity index (χ2v) is 10.4. The highest BCUT2D eigenvalue weighted by atomic mass is 32.2. The number of sulfonamides is 2. The van der Waals surface area contributed by atoms with Gasteiger partial charge in [0.05, 0.1) is 9.79 Å². The van der Waals surface area contributed by atoms with Crippen LogP contribution in [0.5, 0.6) is 0 Å². The first-order valence-electron chi connectivity index (χ1n) is 9.58. The van der Waals surface area contributed by atoms with Crippen LogP contribution in [0, 0.1) is 13.8 Å². The topological polar surface area (TPSA) is 196 Å². The normalized spacial score (nSPS) is 11.4. The summed E-state index contributed by atoms with van der Waals surface area (Å²) in [6, 6.07) is 14.7. The highest BCUT2D eigenvalue weighted by Gasteiger charge is 2.16. The lowest BCUT2D eigenvalue weighted by Gasteiger charge is -2.04. The van der Waals surface area contributed by atoms with E-state index < -0.39 is 20.0 Å². The summed E-state index contributed by atoms with van der Waals surface area (Å²) in [6.07, 6.45) is 0. The van der Waals surface area contributed by atoms with E-state index in [-0.39, 0.29) is 21.4 Å². The molecule has 0 atom stereocenters. The number of nitrogen functional groups attached to an aromatic ring is 2. The Morgan fingerprint density at radius 3 is 1.24 bits per heavy atom. The third-order valence-electron chi connectivity index (χ3n) is 4.11. The van der Waals surface area contributed by atoms with Gasteiger partial charge in [0.1, 0.15) is 11.5 Å². The molecular formula is C20H22N6O6S2. The predicted molar refractivity (Wildman–Crippen MR) is 126 cm³/mol. The summed E-state index contributed by atoms with van der Waals surface area (Å²) < 4.78 is 61.7. The number of aryl methyl sites for hydroxylation is 2. The summed E-state index contributed by atoms with van der Waals surface area (Å²) in [7, 11) is -7.29. The number of benzene rings is 2. The van der Waals surface area contributed by atoms with Crippen molar-refractivity contribution in [3.63, 3.8) is 0 Å². The summed E-state index contributed by atoms with van der Waals surface area (Å²) in [4.78, 5) is 0.236. The molecule has 34 heavy (non-hydrogen) atoms. The minimum atomic E-state index is -3.64. The smallest absolute Gasteiger partial charge is 0.263 e. The Bertz CT molecular complexity index is 1350. The zero-order valence-electron chi connectivity index (χ0n) is 18.1. The number of nitrogens with two attached hydrogens (primary N) is 2. The first kappa shape index (κ1) is 24.6. The third kappa shape index (κ3) is 6.49. The number of hydrogen-bond donors (Lipinski definition) is 4. The number of rotatable bonds is 6. The number of aromatic nitrogens is 2. The van der Waals surface area contributed by atoms with Crippen molar-refractivity contribution in [2.24, 2.45) is 0 Å². The summed E-state index contributed by atoms with van der Waals surface area (Å²) in [6.45, 7) is 3.35. The van der Waals surface area contributed by atoms with Gasteiger partial charge in [-0.2, -0.15) is 0 Å². The Balaban J connectivity index is 0.000000191. The molecule has 4 aromatic rings. The van der Waals surface area contributed by atoms with Gasteiger partial charge in [-0.1, -0.05) is 10.3 Å². The van der Waals surface area contributed by atoms with Crippen LogP contribution in [0.15, 0.2) is 79.5 Å². The molecule has 0 aliphatic rings. The van der Waals surface area contributed by atoms with Crippen molar-refractivity contribution in [1.82, 2.24) is 10.3 Å². The van der Waals surface area contributed by atoms with Crippen LogP contribution in [0.3, 0.4) is 0 Å². The van der Waals surface area contributed by atoms with Gasteiger partial charge in [0, 0.05) is 23.5 Å². The molecule has 0 aliphatic heterocycles. The van der Waals surface area contributed by atoms with Gasteiger partial charge in [-0.25, -0.2) is 16.8 Å². The van der Waals surface area contributed by atoms with Crippen LogP contribution in [0.2, 0.25) is 0 Å². The van der Waals surface area contributed by atoms with Gasteiger partial charge in [-0.3, -0.25) is 9.44 Å². The third-order valence-corrected chi connectivity index (χ3v) is 6.86. The maximum absolute atomic E-state index is 11.9. The summed E-state index contributed by atoms with van der Waals surface area (Å²) in [5, 5.41) is 7.11. The highest BCUT2D eigenvalue weighted by molar-refractivity contribution is 7.93. The minimum absolute atomic E-state index is 0.118. The Kier molecular flexibility index (Phi) is 7.12. The number of nitrogens with zero attached hydrogens (tertiary/aromatic N) is 2. The fraction of sp³-hybridized carbons (Fsp3) is 0.100. The molecule has 14 heteroatoms. The van der Waals surface area contributed by atoms with Crippen LogP contribution in [0.1, 0.15) is 11.5 Å². The van der Waals surface area contributed by atoms with Crippen molar-refractivity contribution in [3.8, 4) is 0 Å². The number of anilines is 4. The largest absolute Gasteiger partial charge is 0.399 e. The molecule has 6 N–H and O–H groups in total. The molecule has 0 unspecified atom stereocenters. The average Bonchev–Trinajstić information content (AvgIpc) is 3.35. The van der Waals surface area contributed by atoms with Crippen molar-refractivity contribution in [3.05, 3.63) is 72.2 Å². The molecule has 12 nitrogen and oxygen atoms in total. The highest BCUT2D eigenvalue weighted by Crippen LogP contribution is 2.18. The van der Waals surface area contributed by atoms with Crippen molar-refractivity contribution >= 4 is 43.1 Å². The molecule has 0 radical (unpaired) electrons. The van der Waals surface area contributed by atoms with Gasteiger partial charge in [0.2, 0.25) is 0 Å². The lowest BCUT2D eigenvalue weighted by molar-refractivity contribution is 0.400. The monoisotopic (exact) mass is 506 g/mol. The van der Waals surface area contributed by atoms with Crippen molar-refractivity contribution in [1.29, 1.82) is 0 Å². The Morgan fingerprint density at radius 2 is 0.971 bits per heavy atom. The molecule has 2 aromatic heterocycles. The molecule has 2 aromatic carbocycles. The van der Waals surface area contributed by atoms with E-state index in [4.69, 9.17) is 20.5 Å². The van der Waals surface area contributed by atoms with Crippen LogP contribution in [-0.4, -0.2) is 27.1 Å². The van der Waals surface area contributed by atoms with Gasteiger partial charge < -0.3 is 20.5 Å². The zero-order chi connectivity index (χ0) is 24.9. The quantitative estimate of drug-likeness (QED) is 0.282. The maximum atomic E-state index is 11.9. The van der Waals surface area contributed by atoms with E-state index >= 15 is 0 Å². The van der Waals surface area contributed by atoms with E-state index in [1.807, 2.05) is 0 Å². The molecule has 2 heterocycles. The van der Waals surface area contributed by atoms with E-state index in [9.17, 15) is 16.8 Å². The molecule has 0 spiro atoms. The Hall–Kier alpha value is -4.04. The predicted octanol–water partition coefficient (Wildman–Crippen LogP) is 2.73. The van der Waals surface area contributed by atoms with Gasteiger partial charge in [-0.05, 0) is 62.4 Å². The van der Waals surface area contributed by atoms with Crippen LogP contribution >= 0.6 is 0 Å². The van der Waals surface area contributed by atoms with Gasteiger partial charge in [0.15, 0.2) is 11.6 Å². The SMILES string of the molecule is Cc1cc(NS(=O)(=O)c2ccc(N)cc2)no1.Cc1cc(NS(=O)(=O)c2ccc(N)cc2)no1. The maximum Gasteiger partial charge on any atom is 0.263 e. The van der Waals surface area contributed by atoms with E-state index in [2.05, 4.69) is 19.8 Å². The number of nitrogens with one attached hydrogen (secondary N) is 2. The molecule has 4 rings (SSSR count). The summed E-state index contributed by atoms with van der Waals surface area (Å²) in [5.74, 6) is 1.36. The fourth-order valence-electron chi connectivity index (χ4n) is 2.52. The minimum Gasteiger partial charge on any atom is -0.399 e.